The number of benzene rings is 1. The zero-order valence-electron chi connectivity index (χ0n) is 12.4. The van der Waals surface area contributed by atoms with Crippen molar-refractivity contribution >= 4 is 0 Å². The fourth-order valence-corrected chi connectivity index (χ4v) is 2.94. The van der Waals surface area contributed by atoms with Gasteiger partial charge in [0, 0.05) is 18.2 Å². The Balaban J connectivity index is 1.86. The van der Waals surface area contributed by atoms with Gasteiger partial charge in [0.05, 0.1) is 18.4 Å². The van der Waals surface area contributed by atoms with Crippen LogP contribution in [0.15, 0.2) is 42.7 Å². The van der Waals surface area contributed by atoms with Crippen molar-refractivity contribution in [3.63, 3.8) is 0 Å². The highest BCUT2D eigenvalue weighted by Crippen LogP contribution is 2.37. The smallest absolute Gasteiger partial charge is 0.137 e. The normalized spacial score (nSPS) is 20.9. The number of aryl methyl sites for hydroxylation is 1. The Morgan fingerprint density at radius 2 is 2.05 bits per heavy atom. The van der Waals surface area contributed by atoms with Crippen molar-refractivity contribution in [1.82, 2.24) is 4.98 Å². The van der Waals surface area contributed by atoms with E-state index in [1.165, 1.54) is 11.1 Å². The van der Waals surface area contributed by atoms with Gasteiger partial charge in [0.2, 0.25) is 0 Å². The number of rotatable bonds is 4. The molecule has 0 saturated heterocycles. The molecule has 0 amide bonds. The van der Waals surface area contributed by atoms with Crippen LogP contribution in [0.2, 0.25) is 0 Å². The van der Waals surface area contributed by atoms with Gasteiger partial charge >= 0.3 is 0 Å². The van der Waals surface area contributed by atoms with Crippen LogP contribution in [0.5, 0.6) is 5.75 Å². The second-order valence-electron chi connectivity index (χ2n) is 5.73. The summed E-state index contributed by atoms with van der Waals surface area (Å²) in [5, 5.41) is 11.0. The van der Waals surface area contributed by atoms with Crippen molar-refractivity contribution in [1.29, 1.82) is 0 Å². The average molecular weight is 283 g/mol. The number of aromatic nitrogens is 1. The summed E-state index contributed by atoms with van der Waals surface area (Å²) in [5.41, 5.74) is 2.58. The number of fused-ring (bicyclic) bond motifs is 1. The lowest BCUT2D eigenvalue weighted by Gasteiger charge is -2.33. The standard InChI is InChI=1S/C18H21NO2/c1-2-9-21-17-10-16(12-19-13-17)18(20)8-7-14-5-3-4-6-15(14)11-18/h3-6,10,12-13,20H,2,7-9,11H2,1H3. The quantitative estimate of drug-likeness (QED) is 0.936. The van der Waals surface area contributed by atoms with Crippen LogP contribution in [-0.2, 0) is 18.4 Å². The van der Waals surface area contributed by atoms with Gasteiger partial charge in [-0.25, -0.2) is 0 Å². The third-order valence-electron chi connectivity index (χ3n) is 4.13. The molecular formula is C18H21NO2. The van der Waals surface area contributed by atoms with Crippen LogP contribution in [0.3, 0.4) is 0 Å². The molecule has 1 heterocycles. The van der Waals surface area contributed by atoms with Crippen molar-refractivity contribution in [2.75, 3.05) is 6.61 Å². The molecule has 1 aliphatic rings. The number of hydrogen-bond donors (Lipinski definition) is 1. The van der Waals surface area contributed by atoms with Crippen molar-refractivity contribution in [2.45, 2.75) is 38.2 Å². The second kappa shape index (κ2) is 5.86. The van der Waals surface area contributed by atoms with Crippen molar-refractivity contribution in [3.8, 4) is 5.75 Å². The molecule has 0 aliphatic heterocycles. The highest BCUT2D eigenvalue weighted by atomic mass is 16.5. The molecule has 3 rings (SSSR count). The first kappa shape index (κ1) is 14.1. The molecule has 1 aliphatic carbocycles. The van der Waals surface area contributed by atoms with Crippen molar-refractivity contribution in [2.24, 2.45) is 0 Å². The number of pyridine rings is 1. The van der Waals surface area contributed by atoms with Crippen LogP contribution in [0.4, 0.5) is 0 Å². The third kappa shape index (κ3) is 2.93. The molecule has 110 valence electrons. The van der Waals surface area contributed by atoms with Crippen LogP contribution in [0, 0.1) is 0 Å². The maximum atomic E-state index is 11.0. The molecule has 0 bridgehead atoms. The number of hydrogen-bond acceptors (Lipinski definition) is 3. The Morgan fingerprint density at radius 3 is 2.86 bits per heavy atom. The van der Waals surface area contributed by atoms with Gasteiger partial charge in [-0.05, 0) is 36.5 Å². The van der Waals surface area contributed by atoms with Gasteiger partial charge in [-0.3, -0.25) is 4.98 Å². The average Bonchev–Trinajstić information content (AvgIpc) is 2.53. The third-order valence-corrected chi connectivity index (χ3v) is 4.13. The maximum Gasteiger partial charge on any atom is 0.137 e. The van der Waals surface area contributed by atoms with Crippen LogP contribution in [0.1, 0.15) is 36.5 Å². The molecule has 1 N–H and O–H groups in total. The molecule has 0 spiro atoms. The fraction of sp³-hybridized carbons (Fsp3) is 0.389. The topological polar surface area (TPSA) is 42.4 Å². The number of ether oxygens (including phenoxy) is 1. The highest BCUT2D eigenvalue weighted by molar-refractivity contribution is 5.36. The van der Waals surface area contributed by atoms with E-state index in [0.29, 0.717) is 13.0 Å². The molecule has 1 aromatic carbocycles. The predicted octanol–water partition coefficient (Wildman–Crippen LogP) is 3.25. The maximum absolute atomic E-state index is 11.0. The largest absolute Gasteiger partial charge is 0.492 e. The minimum absolute atomic E-state index is 0.641. The van der Waals surface area contributed by atoms with Gasteiger partial charge < -0.3 is 9.84 Å². The van der Waals surface area contributed by atoms with Crippen molar-refractivity contribution < 1.29 is 9.84 Å². The van der Waals surface area contributed by atoms with E-state index in [9.17, 15) is 5.11 Å². The molecule has 0 saturated carbocycles. The zero-order valence-corrected chi connectivity index (χ0v) is 12.4. The molecule has 1 aromatic heterocycles. The first-order chi connectivity index (χ1) is 10.2. The summed E-state index contributed by atoms with van der Waals surface area (Å²) in [6.45, 7) is 2.75. The molecule has 2 aromatic rings. The monoisotopic (exact) mass is 283 g/mol. The molecule has 21 heavy (non-hydrogen) atoms. The molecular weight excluding hydrogens is 262 g/mol. The fourth-order valence-electron chi connectivity index (χ4n) is 2.94. The van der Waals surface area contributed by atoms with E-state index >= 15 is 0 Å². The van der Waals surface area contributed by atoms with Crippen LogP contribution < -0.4 is 4.74 Å². The van der Waals surface area contributed by atoms with Crippen LogP contribution >= 0.6 is 0 Å². The van der Waals surface area contributed by atoms with Crippen molar-refractivity contribution in [3.05, 3.63) is 59.4 Å². The second-order valence-corrected chi connectivity index (χ2v) is 5.73. The SMILES string of the molecule is CCCOc1cncc(C2(O)CCc3ccccc3C2)c1. The van der Waals surface area contributed by atoms with Gasteiger partial charge in [-0.1, -0.05) is 31.2 Å². The minimum atomic E-state index is -0.840. The van der Waals surface area contributed by atoms with Gasteiger partial charge in [0.25, 0.3) is 0 Å². The Bertz CT molecular complexity index is 626. The highest BCUT2D eigenvalue weighted by Gasteiger charge is 2.34. The lowest BCUT2D eigenvalue weighted by Crippen LogP contribution is -2.33. The summed E-state index contributed by atoms with van der Waals surface area (Å²) >= 11 is 0. The van der Waals surface area contributed by atoms with Crippen LogP contribution in [-0.4, -0.2) is 16.7 Å². The van der Waals surface area contributed by atoms with Gasteiger partial charge in [0.15, 0.2) is 0 Å². The molecule has 3 heteroatoms. The first-order valence-corrected chi connectivity index (χ1v) is 7.59. The summed E-state index contributed by atoms with van der Waals surface area (Å²) < 4.78 is 5.63. The lowest BCUT2D eigenvalue weighted by molar-refractivity contribution is 0.0217. The molecule has 0 radical (unpaired) electrons. The zero-order chi connectivity index (χ0) is 14.7. The van der Waals surface area contributed by atoms with Gasteiger partial charge in [-0.15, -0.1) is 0 Å². The molecule has 0 fully saturated rings. The summed E-state index contributed by atoms with van der Waals surface area (Å²) in [6, 6.07) is 10.3. The van der Waals surface area contributed by atoms with Gasteiger partial charge in [0.1, 0.15) is 5.75 Å². The Labute approximate surface area is 125 Å². The summed E-state index contributed by atoms with van der Waals surface area (Å²) in [7, 11) is 0. The molecule has 1 atom stereocenters. The van der Waals surface area contributed by atoms with E-state index in [-0.39, 0.29) is 0 Å². The number of nitrogens with zero attached hydrogens (tertiary/aromatic N) is 1. The summed E-state index contributed by atoms with van der Waals surface area (Å²) in [6.07, 6.45) is 6.69. The lowest BCUT2D eigenvalue weighted by atomic mass is 9.77. The molecule has 1 unspecified atom stereocenters. The molecule has 3 nitrogen and oxygen atoms in total. The Morgan fingerprint density at radius 1 is 1.24 bits per heavy atom. The Kier molecular flexibility index (Phi) is 3.93. The summed E-state index contributed by atoms with van der Waals surface area (Å²) in [4.78, 5) is 4.23. The van der Waals surface area contributed by atoms with E-state index in [1.54, 1.807) is 12.4 Å². The van der Waals surface area contributed by atoms with E-state index in [1.807, 2.05) is 12.1 Å². The van der Waals surface area contributed by atoms with E-state index < -0.39 is 5.60 Å². The van der Waals surface area contributed by atoms with E-state index in [0.717, 1.165) is 30.6 Å². The predicted molar refractivity (Wildman–Crippen MR) is 82.4 cm³/mol. The number of aliphatic hydroxyl groups is 1. The van der Waals surface area contributed by atoms with Crippen LogP contribution in [0.25, 0.3) is 0 Å². The first-order valence-electron chi connectivity index (χ1n) is 7.59. The minimum Gasteiger partial charge on any atom is -0.492 e. The Hall–Kier alpha value is -1.87. The van der Waals surface area contributed by atoms with Gasteiger partial charge in [-0.2, -0.15) is 0 Å². The van der Waals surface area contributed by atoms with E-state index in [2.05, 4.69) is 30.1 Å². The summed E-state index contributed by atoms with van der Waals surface area (Å²) in [5.74, 6) is 0.738. The van der Waals surface area contributed by atoms with E-state index in [4.69, 9.17) is 4.74 Å².